The summed E-state index contributed by atoms with van der Waals surface area (Å²) in [5, 5.41) is 3.65. The number of thiophene rings is 1. The van der Waals surface area contributed by atoms with E-state index in [0.717, 1.165) is 22.3 Å². The van der Waals surface area contributed by atoms with Crippen molar-refractivity contribution in [3.05, 3.63) is 29.1 Å². The molecule has 0 unspecified atom stereocenters. The van der Waals surface area contributed by atoms with Gasteiger partial charge in [-0.05, 0) is 23.9 Å². The lowest BCUT2D eigenvalue weighted by molar-refractivity contribution is -0.274. The fourth-order valence-electron chi connectivity index (χ4n) is 1.30. The van der Waals surface area contributed by atoms with Gasteiger partial charge in [-0.1, -0.05) is 12.1 Å². The Hall–Kier alpha value is -1.23. The molecule has 79 valence electrons. The van der Waals surface area contributed by atoms with Crippen molar-refractivity contribution in [3.63, 3.8) is 0 Å². The monoisotopic (exact) mass is 231 g/mol. The van der Waals surface area contributed by atoms with Crippen molar-refractivity contribution in [2.75, 3.05) is 0 Å². The molecular weight excluding hydrogens is 225 g/mol. The summed E-state index contributed by atoms with van der Waals surface area (Å²) in [5.41, 5.74) is 0.836. The Morgan fingerprint density at radius 2 is 2.07 bits per heavy atom. The Kier molecular flexibility index (Phi) is 2.34. The third-order valence-electron chi connectivity index (χ3n) is 1.91. The first-order valence-corrected chi connectivity index (χ1v) is 4.94. The van der Waals surface area contributed by atoms with Gasteiger partial charge in [0.1, 0.15) is 5.75 Å². The second-order valence-corrected chi connectivity index (χ2v) is 3.83. The van der Waals surface area contributed by atoms with Gasteiger partial charge in [0.15, 0.2) is 0 Å². The molecule has 0 aliphatic rings. The van der Waals surface area contributed by atoms with E-state index in [1.165, 1.54) is 12.1 Å². The quantitative estimate of drug-likeness (QED) is 0.723. The zero-order valence-corrected chi connectivity index (χ0v) is 8.50. The van der Waals surface area contributed by atoms with Crippen molar-refractivity contribution in [1.29, 1.82) is 0 Å². The fraction of sp³-hybridized carbons (Fsp3) is 0.200. The molecule has 0 N–H and O–H groups in total. The van der Waals surface area contributed by atoms with Crippen LogP contribution in [-0.2, 0) is 0 Å². The number of halogens is 3. The molecule has 1 radical (unpaired) electrons. The number of ether oxygens (including phenoxy) is 1. The molecule has 0 aliphatic carbocycles. The highest BCUT2D eigenvalue weighted by Crippen LogP contribution is 2.35. The van der Waals surface area contributed by atoms with E-state index in [2.05, 4.69) is 10.1 Å². The predicted octanol–water partition coefficient (Wildman–Crippen LogP) is 3.91. The van der Waals surface area contributed by atoms with Crippen LogP contribution in [0.3, 0.4) is 0 Å². The number of hydrogen-bond acceptors (Lipinski definition) is 2. The molecule has 0 amide bonds. The summed E-state index contributed by atoms with van der Waals surface area (Å²) in [5.74, 6) is -0.158. The van der Waals surface area contributed by atoms with E-state index in [1.54, 1.807) is 13.0 Å². The first-order valence-electron chi connectivity index (χ1n) is 4.13. The Morgan fingerprint density at radius 3 is 2.73 bits per heavy atom. The summed E-state index contributed by atoms with van der Waals surface area (Å²) >= 11 is 1.13. The number of aryl methyl sites for hydroxylation is 1. The number of alkyl halides is 3. The lowest BCUT2D eigenvalue weighted by Crippen LogP contribution is -2.17. The average molecular weight is 231 g/mol. The van der Waals surface area contributed by atoms with E-state index < -0.39 is 6.36 Å². The van der Waals surface area contributed by atoms with Crippen LogP contribution in [0.2, 0.25) is 0 Å². The summed E-state index contributed by atoms with van der Waals surface area (Å²) in [7, 11) is 0. The van der Waals surface area contributed by atoms with Crippen molar-refractivity contribution in [2.45, 2.75) is 13.3 Å². The first-order chi connectivity index (χ1) is 6.97. The number of hydrogen-bond donors (Lipinski definition) is 0. The average Bonchev–Trinajstić information content (AvgIpc) is 2.47. The second kappa shape index (κ2) is 3.41. The SMILES string of the molecule is Cc1[c]sc2c(OC(F)(F)F)cccc12. The van der Waals surface area contributed by atoms with Gasteiger partial charge in [-0.3, -0.25) is 0 Å². The molecular formula is C10H6F3OS. The molecule has 0 aliphatic heterocycles. The summed E-state index contributed by atoms with van der Waals surface area (Å²) in [6, 6.07) is 4.59. The predicted molar refractivity (Wildman–Crippen MR) is 52.1 cm³/mol. The summed E-state index contributed by atoms with van der Waals surface area (Å²) in [6.45, 7) is 1.80. The van der Waals surface area contributed by atoms with E-state index in [0.29, 0.717) is 4.70 Å². The van der Waals surface area contributed by atoms with Crippen LogP contribution in [0.15, 0.2) is 18.2 Å². The number of fused-ring (bicyclic) bond motifs is 1. The molecule has 1 aromatic carbocycles. The molecule has 0 fully saturated rings. The maximum absolute atomic E-state index is 12.0. The van der Waals surface area contributed by atoms with Crippen LogP contribution < -0.4 is 4.74 Å². The van der Waals surface area contributed by atoms with Crippen LogP contribution in [0, 0.1) is 12.3 Å². The van der Waals surface area contributed by atoms with Crippen LogP contribution >= 0.6 is 11.3 Å². The summed E-state index contributed by atoms with van der Waals surface area (Å²) in [4.78, 5) is 0. The maximum Gasteiger partial charge on any atom is 0.573 e. The Bertz CT molecular complexity index is 487. The number of benzene rings is 1. The van der Waals surface area contributed by atoms with Crippen molar-refractivity contribution in [1.82, 2.24) is 0 Å². The molecule has 1 aromatic heterocycles. The molecule has 1 heterocycles. The minimum atomic E-state index is -4.65. The van der Waals surface area contributed by atoms with Crippen LogP contribution in [0.25, 0.3) is 10.1 Å². The van der Waals surface area contributed by atoms with Gasteiger partial charge in [-0.2, -0.15) is 0 Å². The van der Waals surface area contributed by atoms with Crippen molar-refractivity contribution < 1.29 is 17.9 Å². The summed E-state index contributed by atoms with van der Waals surface area (Å²) < 4.78 is 40.5. The van der Waals surface area contributed by atoms with Gasteiger partial charge < -0.3 is 4.74 Å². The Labute approximate surface area is 88.1 Å². The summed E-state index contributed by atoms with van der Waals surface area (Å²) in [6.07, 6.45) is -4.65. The van der Waals surface area contributed by atoms with E-state index in [9.17, 15) is 13.2 Å². The molecule has 2 aromatic rings. The zero-order chi connectivity index (χ0) is 11.1. The van der Waals surface area contributed by atoms with Gasteiger partial charge >= 0.3 is 6.36 Å². The smallest absolute Gasteiger partial charge is 0.404 e. The fourth-order valence-corrected chi connectivity index (χ4v) is 2.21. The van der Waals surface area contributed by atoms with Gasteiger partial charge in [-0.25, -0.2) is 0 Å². The van der Waals surface area contributed by atoms with Gasteiger partial charge in [0.05, 0.1) is 4.70 Å². The molecule has 0 saturated heterocycles. The lowest BCUT2D eigenvalue weighted by atomic mass is 10.2. The van der Waals surface area contributed by atoms with Crippen molar-refractivity contribution in [2.24, 2.45) is 0 Å². The number of rotatable bonds is 1. The van der Waals surface area contributed by atoms with Crippen LogP contribution in [-0.4, -0.2) is 6.36 Å². The van der Waals surface area contributed by atoms with Crippen LogP contribution in [0.5, 0.6) is 5.75 Å². The van der Waals surface area contributed by atoms with Gasteiger partial charge in [0.25, 0.3) is 0 Å². The highest BCUT2D eigenvalue weighted by atomic mass is 32.1. The maximum atomic E-state index is 12.0. The van der Waals surface area contributed by atoms with Gasteiger partial charge in [0, 0.05) is 5.38 Å². The largest absolute Gasteiger partial charge is 0.573 e. The van der Waals surface area contributed by atoms with Gasteiger partial charge in [0.2, 0.25) is 0 Å². The zero-order valence-electron chi connectivity index (χ0n) is 7.68. The molecule has 5 heteroatoms. The molecule has 15 heavy (non-hydrogen) atoms. The van der Waals surface area contributed by atoms with Crippen molar-refractivity contribution >= 4 is 21.4 Å². The highest BCUT2D eigenvalue weighted by Gasteiger charge is 2.32. The van der Waals surface area contributed by atoms with Crippen molar-refractivity contribution in [3.8, 4) is 5.75 Å². The second-order valence-electron chi connectivity index (χ2n) is 3.01. The minimum absolute atomic E-state index is 0.158. The molecule has 0 bridgehead atoms. The van der Waals surface area contributed by atoms with Crippen LogP contribution in [0.4, 0.5) is 13.2 Å². The van der Waals surface area contributed by atoms with E-state index in [1.807, 2.05) is 0 Å². The standard InChI is InChI=1S/C10H6F3OS/c1-6-5-15-9-7(6)3-2-4-8(9)14-10(11,12)13/h2-4H,1H3. The topological polar surface area (TPSA) is 9.23 Å². The minimum Gasteiger partial charge on any atom is -0.404 e. The normalized spacial score (nSPS) is 12.0. The van der Waals surface area contributed by atoms with E-state index in [4.69, 9.17) is 0 Å². The van der Waals surface area contributed by atoms with Crippen LogP contribution in [0.1, 0.15) is 5.56 Å². The molecule has 2 rings (SSSR count). The molecule has 0 atom stereocenters. The lowest BCUT2D eigenvalue weighted by Gasteiger charge is -2.09. The Balaban J connectivity index is 2.52. The third-order valence-corrected chi connectivity index (χ3v) is 2.95. The molecule has 0 spiro atoms. The highest BCUT2D eigenvalue weighted by molar-refractivity contribution is 7.17. The molecule has 1 nitrogen and oxygen atoms in total. The van der Waals surface area contributed by atoms with Gasteiger partial charge in [-0.15, -0.1) is 24.5 Å². The van der Waals surface area contributed by atoms with E-state index in [-0.39, 0.29) is 5.75 Å². The Morgan fingerprint density at radius 1 is 1.33 bits per heavy atom. The third kappa shape index (κ3) is 2.07. The van der Waals surface area contributed by atoms with E-state index >= 15 is 0 Å². The first kappa shape index (κ1) is 10.3. The molecule has 0 saturated carbocycles.